The molecule has 0 aliphatic rings. The van der Waals surface area contributed by atoms with E-state index >= 15 is 8.78 Å². The van der Waals surface area contributed by atoms with Gasteiger partial charge >= 0.3 is 36.1 Å². The van der Waals surface area contributed by atoms with Crippen LogP contribution in [-0.4, -0.2) is 190 Å². The second kappa shape index (κ2) is 38.9. The van der Waals surface area contributed by atoms with Crippen molar-refractivity contribution in [2.45, 2.75) is 166 Å². The molecule has 10 atom stereocenters. The lowest BCUT2D eigenvalue weighted by Gasteiger charge is -2.27. The Bertz CT molecular complexity index is 3130. The molecular weight excluding hydrogens is 1270 g/mol. The topological polar surface area (TPSA) is 509 Å². The van der Waals surface area contributed by atoms with Crippen LogP contribution >= 0.6 is 0 Å². The molecule has 0 saturated carbocycles. The van der Waals surface area contributed by atoms with Crippen LogP contribution < -0.4 is 42.5 Å². The molecule has 0 spiro atoms. The number of aromatic nitrogens is 4. The third kappa shape index (κ3) is 27.3. The van der Waals surface area contributed by atoms with Crippen LogP contribution in [-0.2, 0) is 97.9 Å². The summed E-state index contributed by atoms with van der Waals surface area (Å²) in [6.45, 7) is 6.37. The van der Waals surface area contributed by atoms with E-state index in [2.05, 4.69) is 51.8 Å². The van der Waals surface area contributed by atoms with Crippen molar-refractivity contribution in [2.24, 2.45) is 11.8 Å². The summed E-state index contributed by atoms with van der Waals surface area (Å²) in [6, 6.07) is 1.22. The van der Waals surface area contributed by atoms with E-state index in [0.717, 1.165) is 25.0 Å². The van der Waals surface area contributed by atoms with E-state index in [9.17, 15) is 92.3 Å². The molecule has 4 aromatic rings. The number of aromatic amines is 2. The van der Waals surface area contributed by atoms with Crippen molar-refractivity contribution in [1.29, 1.82) is 0 Å². The van der Waals surface area contributed by atoms with Crippen LogP contribution in [0.4, 0.5) is 18.4 Å². The van der Waals surface area contributed by atoms with Crippen molar-refractivity contribution in [3.8, 4) is 0 Å². The van der Waals surface area contributed by atoms with Crippen LogP contribution in [0.1, 0.15) is 102 Å². The molecule has 0 fully saturated rings. The number of Topliss-reactive ketones (excluding diaryl/α,β-unsaturated/α-hetero) is 3. The lowest BCUT2D eigenvalue weighted by Crippen LogP contribution is -2.59. The number of nitrogens with one attached hydrogen (secondary N) is 10. The minimum atomic E-state index is -3.85. The van der Waals surface area contributed by atoms with E-state index in [1.807, 2.05) is 10.6 Å². The van der Waals surface area contributed by atoms with E-state index in [1.54, 1.807) is 88.4 Å². The molecule has 2 aromatic carbocycles. The van der Waals surface area contributed by atoms with E-state index < -0.39 is 201 Å². The number of ketones is 3. The molecule has 0 radical (unpaired) electrons. The van der Waals surface area contributed by atoms with Gasteiger partial charge in [-0.15, -0.1) is 0 Å². The fourth-order valence-corrected chi connectivity index (χ4v) is 9.13. The van der Waals surface area contributed by atoms with Crippen LogP contribution in [0.25, 0.3) is 0 Å². The number of halogens is 2. The average Bonchev–Trinajstić information content (AvgIpc) is 0.926. The van der Waals surface area contributed by atoms with E-state index in [-0.39, 0.29) is 49.3 Å². The SMILES string of the molecule is CC(C)C[C@H](NC(=O)OCc1ccccc1)C(=O)N[C@@H](CCC(=O)O)C(=O)N[C@@H](Cc1cnc[nH]1)C(=O)N[C@@H](CC(=O)O)C(=O)C(F)C(=O)C(F)C(=O)[C@H](CC(=O)O)NC(=O)[C@H](Cc1cnc[nH]1)NC(=O)[C@H](CCC(=O)O)NC(=O)[C@H](CC(C)C)NC(=O)OCc1ccccc1. The number of amides is 8. The van der Waals surface area contributed by atoms with Gasteiger partial charge in [-0.3, -0.25) is 62.3 Å². The number of imidazole rings is 2. The molecule has 0 aliphatic carbocycles. The van der Waals surface area contributed by atoms with E-state index in [1.165, 1.54) is 0 Å². The van der Waals surface area contributed by atoms with Gasteiger partial charge in [0.05, 0.1) is 25.5 Å². The zero-order valence-corrected chi connectivity index (χ0v) is 52.4. The molecule has 96 heavy (non-hydrogen) atoms. The number of carboxylic acid groups (broad SMARTS) is 4. The Labute approximate surface area is 546 Å². The maximum atomic E-state index is 16.2. The van der Waals surface area contributed by atoms with Gasteiger partial charge in [0.25, 0.3) is 0 Å². The molecule has 33 nitrogen and oxygen atoms in total. The Morgan fingerprint density at radius 1 is 0.417 bits per heavy atom. The second-order valence-electron chi connectivity index (χ2n) is 22.7. The summed E-state index contributed by atoms with van der Waals surface area (Å²) in [6.07, 6.45) is -12.6. The fraction of sp³-hybridized carbons (Fsp3) is 0.459. The zero-order valence-electron chi connectivity index (χ0n) is 52.4. The normalized spacial score (nSPS) is 14.2. The third-order valence-corrected chi connectivity index (χ3v) is 13.9. The van der Waals surface area contributed by atoms with Crippen molar-refractivity contribution in [3.05, 3.63) is 108 Å². The second-order valence-corrected chi connectivity index (χ2v) is 22.7. The Kier molecular flexibility index (Phi) is 31.3. The fourth-order valence-electron chi connectivity index (χ4n) is 9.13. The summed E-state index contributed by atoms with van der Waals surface area (Å²) in [7, 11) is 0. The van der Waals surface area contributed by atoms with Gasteiger partial charge in [0.15, 0.2) is 11.6 Å². The summed E-state index contributed by atoms with van der Waals surface area (Å²) in [4.78, 5) is 211. The average molecular weight is 1350 g/mol. The monoisotopic (exact) mass is 1350 g/mol. The molecule has 2 heterocycles. The van der Waals surface area contributed by atoms with Gasteiger partial charge in [-0.05, 0) is 48.6 Å². The first-order valence-corrected chi connectivity index (χ1v) is 29.9. The quantitative estimate of drug-likeness (QED) is 0.0270. The van der Waals surface area contributed by atoms with Crippen LogP contribution in [0.5, 0.6) is 0 Å². The van der Waals surface area contributed by atoms with Crippen LogP contribution in [0.15, 0.2) is 85.7 Å². The summed E-state index contributed by atoms with van der Waals surface area (Å²) < 4.78 is 42.9. The molecule has 0 bridgehead atoms. The first-order chi connectivity index (χ1) is 45.4. The number of ether oxygens (including phenoxy) is 2. The molecule has 520 valence electrons. The summed E-state index contributed by atoms with van der Waals surface area (Å²) >= 11 is 0. The standard InChI is InChI=1S/C61H76F2N12O21/c1-31(2)19-41(74-60(93)95-27-33-11-7-5-8-12-33)56(89)68-37(15-17-45(76)77)54(87)72-43(21-35-25-64-29-66-35)58(91)70-39(23-47(80)81)51(84)49(62)53(86)50(63)52(85)40(24-48(82)83)71-59(92)44(22-36-26-65-30-67-36)73-55(88)38(16-18-46(78)79)69-57(90)42(20-32(3)4)75-61(94)96-28-34-13-9-6-10-14-34/h5-14,25-26,29-32,37-44,49-50H,15-24,27-28H2,1-4H3,(H,64,66)(H,65,67)(H,68,89)(H,69,90)(H,70,91)(H,71,92)(H,72,87)(H,73,88)(H,74,93)(H,75,94)(H,76,77)(H,78,79)(H,80,81)(H,82,83)/t37-,38-,39-,40-,41-,42-,43-,44-,49?,50?/m0/s1. The number of rotatable bonds is 42. The number of carboxylic acids is 4. The van der Waals surface area contributed by atoms with Gasteiger partial charge < -0.3 is 82.4 Å². The number of alkyl carbamates (subject to hydrolysis) is 2. The minimum absolute atomic E-state index is 0.0446. The number of alkyl halides is 2. The number of H-pyrrole nitrogens is 2. The molecule has 0 aliphatic heterocycles. The molecule has 4 rings (SSSR count). The van der Waals surface area contributed by atoms with Crippen LogP contribution in [0.3, 0.4) is 0 Å². The molecular formula is C61H76F2N12O21. The van der Waals surface area contributed by atoms with Gasteiger partial charge in [0.1, 0.15) is 61.5 Å². The third-order valence-electron chi connectivity index (χ3n) is 13.9. The number of benzene rings is 2. The Morgan fingerprint density at radius 2 is 0.729 bits per heavy atom. The smallest absolute Gasteiger partial charge is 0.408 e. The van der Waals surface area contributed by atoms with Crippen molar-refractivity contribution >= 4 is 88.9 Å². The van der Waals surface area contributed by atoms with Crippen molar-refractivity contribution in [1.82, 2.24) is 62.5 Å². The number of hydrogen-bond donors (Lipinski definition) is 14. The first-order valence-electron chi connectivity index (χ1n) is 29.9. The number of carbonyl (C=O) groups is 15. The Balaban J connectivity index is 1.55. The maximum absolute atomic E-state index is 16.2. The number of hydrogen-bond acceptors (Lipinski definition) is 19. The predicted octanol–water partition coefficient (Wildman–Crippen LogP) is 0.571. The van der Waals surface area contributed by atoms with E-state index in [4.69, 9.17) is 9.47 Å². The van der Waals surface area contributed by atoms with Gasteiger partial charge in [-0.25, -0.2) is 28.3 Å². The number of aliphatic carboxylic acids is 4. The highest BCUT2D eigenvalue weighted by atomic mass is 19.1. The molecule has 14 N–H and O–H groups in total. The Hall–Kier alpha value is -11.0. The summed E-state index contributed by atoms with van der Waals surface area (Å²) in [5, 5.41) is 56.3. The number of carbonyl (C=O) groups excluding carboxylic acids is 11. The Morgan fingerprint density at radius 3 is 1.03 bits per heavy atom. The van der Waals surface area contributed by atoms with Crippen molar-refractivity contribution in [2.75, 3.05) is 0 Å². The molecule has 2 unspecified atom stereocenters. The number of nitrogens with zero attached hydrogens (tertiary/aromatic N) is 2. The van der Waals surface area contributed by atoms with Crippen molar-refractivity contribution < 1.29 is 111 Å². The molecule has 2 aromatic heterocycles. The predicted molar refractivity (Wildman–Crippen MR) is 325 cm³/mol. The largest absolute Gasteiger partial charge is 0.481 e. The highest BCUT2D eigenvalue weighted by Crippen LogP contribution is 2.16. The first kappa shape index (κ1) is 77.4. The highest BCUT2D eigenvalue weighted by Gasteiger charge is 2.45. The van der Waals surface area contributed by atoms with Crippen LogP contribution in [0.2, 0.25) is 0 Å². The molecule has 8 amide bonds. The zero-order chi connectivity index (χ0) is 71.2. The lowest BCUT2D eigenvalue weighted by molar-refractivity contribution is -0.148. The molecule has 35 heteroatoms. The lowest BCUT2D eigenvalue weighted by atomic mass is 9.95. The van der Waals surface area contributed by atoms with Gasteiger partial charge in [-0.2, -0.15) is 0 Å². The minimum Gasteiger partial charge on any atom is -0.481 e. The van der Waals surface area contributed by atoms with Gasteiger partial charge in [0.2, 0.25) is 53.6 Å². The van der Waals surface area contributed by atoms with Crippen molar-refractivity contribution in [3.63, 3.8) is 0 Å². The summed E-state index contributed by atoms with van der Waals surface area (Å²) in [5.41, 5.74) is 1.31. The maximum Gasteiger partial charge on any atom is 0.408 e. The molecule has 0 saturated heterocycles. The summed E-state index contributed by atoms with van der Waals surface area (Å²) in [5.74, 6) is -22.0. The van der Waals surface area contributed by atoms with Gasteiger partial charge in [-0.1, -0.05) is 88.4 Å². The highest BCUT2D eigenvalue weighted by molar-refractivity contribution is 6.19. The van der Waals surface area contributed by atoms with Crippen LogP contribution in [0, 0.1) is 11.8 Å². The van der Waals surface area contributed by atoms with E-state index in [0.29, 0.717) is 11.1 Å². The van der Waals surface area contributed by atoms with Gasteiger partial charge in [0, 0.05) is 49.5 Å².